The van der Waals surface area contributed by atoms with Crippen molar-refractivity contribution >= 4 is 11.9 Å². The van der Waals surface area contributed by atoms with Gasteiger partial charge >= 0.3 is 5.97 Å². The van der Waals surface area contributed by atoms with Crippen LogP contribution in [0.4, 0.5) is 0 Å². The number of aliphatic carboxylic acids is 1. The van der Waals surface area contributed by atoms with Crippen molar-refractivity contribution in [1.29, 1.82) is 0 Å². The number of nitrogens with zero attached hydrogens (tertiary/aromatic N) is 1. The molecular formula is C14H23NO4. The van der Waals surface area contributed by atoms with Gasteiger partial charge in [0.25, 0.3) is 0 Å². The molecule has 0 bridgehead atoms. The van der Waals surface area contributed by atoms with Crippen LogP contribution in [0.2, 0.25) is 0 Å². The Balaban J connectivity index is 2.07. The van der Waals surface area contributed by atoms with Gasteiger partial charge in [-0.2, -0.15) is 0 Å². The molecule has 2 fully saturated rings. The minimum absolute atomic E-state index is 0.0202. The number of hydrogen-bond donors (Lipinski definition) is 1. The van der Waals surface area contributed by atoms with Gasteiger partial charge in [0.05, 0.1) is 24.0 Å². The first-order chi connectivity index (χ1) is 8.82. The van der Waals surface area contributed by atoms with Crippen molar-refractivity contribution in [2.45, 2.75) is 39.9 Å². The monoisotopic (exact) mass is 269 g/mol. The molecule has 5 heteroatoms. The van der Waals surface area contributed by atoms with Crippen molar-refractivity contribution in [3.05, 3.63) is 0 Å². The second-order valence-corrected chi connectivity index (χ2v) is 6.10. The van der Waals surface area contributed by atoms with E-state index >= 15 is 0 Å². The number of carbonyl (C=O) groups is 2. The SMILES string of the molecule is CC1CN(C(=O)C2C(C)OC(C)C2C)CC1C(=O)O. The van der Waals surface area contributed by atoms with Crippen LogP contribution < -0.4 is 0 Å². The fraction of sp³-hybridized carbons (Fsp3) is 0.857. The second kappa shape index (κ2) is 5.12. The molecule has 2 aliphatic rings. The van der Waals surface area contributed by atoms with Gasteiger partial charge in [-0.1, -0.05) is 13.8 Å². The summed E-state index contributed by atoms with van der Waals surface area (Å²) in [7, 11) is 0. The zero-order valence-corrected chi connectivity index (χ0v) is 12.0. The summed E-state index contributed by atoms with van der Waals surface area (Å²) in [4.78, 5) is 25.4. The second-order valence-electron chi connectivity index (χ2n) is 6.10. The summed E-state index contributed by atoms with van der Waals surface area (Å²) in [6, 6.07) is 0. The van der Waals surface area contributed by atoms with E-state index in [1.807, 2.05) is 27.7 Å². The zero-order chi connectivity index (χ0) is 14.3. The fourth-order valence-corrected chi connectivity index (χ4v) is 3.37. The molecule has 6 unspecified atom stereocenters. The summed E-state index contributed by atoms with van der Waals surface area (Å²) in [5.41, 5.74) is 0. The van der Waals surface area contributed by atoms with Crippen LogP contribution in [0.1, 0.15) is 27.7 Å². The first-order valence-corrected chi connectivity index (χ1v) is 7.00. The van der Waals surface area contributed by atoms with Crippen molar-refractivity contribution in [2.24, 2.45) is 23.7 Å². The van der Waals surface area contributed by atoms with Gasteiger partial charge in [-0.15, -0.1) is 0 Å². The van der Waals surface area contributed by atoms with Crippen molar-refractivity contribution in [2.75, 3.05) is 13.1 Å². The van der Waals surface area contributed by atoms with Gasteiger partial charge < -0.3 is 14.7 Å². The highest BCUT2D eigenvalue weighted by Crippen LogP contribution is 2.35. The Kier molecular flexibility index (Phi) is 3.85. The van der Waals surface area contributed by atoms with Crippen LogP contribution >= 0.6 is 0 Å². The van der Waals surface area contributed by atoms with Crippen LogP contribution in [0.25, 0.3) is 0 Å². The Morgan fingerprint density at radius 1 is 1.11 bits per heavy atom. The van der Waals surface area contributed by atoms with E-state index in [1.54, 1.807) is 4.90 Å². The van der Waals surface area contributed by atoms with Gasteiger partial charge in [-0.25, -0.2) is 0 Å². The van der Waals surface area contributed by atoms with E-state index in [-0.39, 0.29) is 35.9 Å². The number of ether oxygens (including phenoxy) is 1. The summed E-state index contributed by atoms with van der Waals surface area (Å²) in [6.07, 6.45) is -0.00377. The maximum Gasteiger partial charge on any atom is 0.308 e. The quantitative estimate of drug-likeness (QED) is 0.818. The van der Waals surface area contributed by atoms with Crippen molar-refractivity contribution in [3.8, 4) is 0 Å². The molecule has 0 radical (unpaired) electrons. The molecular weight excluding hydrogens is 246 g/mol. The highest BCUT2D eigenvalue weighted by molar-refractivity contribution is 5.82. The van der Waals surface area contributed by atoms with Gasteiger partial charge in [-0.3, -0.25) is 9.59 Å². The number of carboxylic acid groups (broad SMARTS) is 1. The summed E-state index contributed by atoms with van der Waals surface area (Å²) >= 11 is 0. The smallest absolute Gasteiger partial charge is 0.308 e. The maximum atomic E-state index is 12.6. The van der Waals surface area contributed by atoms with Crippen LogP contribution in [-0.4, -0.2) is 47.2 Å². The topological polar surface area (TPSA) is 66.8 Å². The standard InChI is InChI=1S/C14H23NO4/c1-7-5-15(6-11(7)14(17)18)13(16)12-8(2)9(3)19-10(12)4/h7-12H,5-6H2,1-4H3,(H,17,18). The Hall–Kier alpha value is -1.10. The molecule has 0 spiro atoms. The molecule has 5 nitrogen and oxygen atoms in total. The largest absolute Gasteiger partial charge is 0.481 e. The lowest BCUT2D eigenvalue weighted by Gasteiger charge is -2.24. The molecule has 0 aliphatic carbocycles. The zero-order valence-electron chi connectivity index (χ0n) is 12.0. The highest BCUT2D eigenvalue weighted by atomic mass is 16.5. The first-order valence-electron chi connectivity index (χ1n) is 7.00. The third kappa shape index (κ3) is 2.48. The van der Waals surface area contributed by atoms with Crippen LogP contribution in [0, 0.1) is 23.7 Å². The van der Waals surface area contributed by atoms with E-state index in [4.69, 9.17) is 9.84 Å². The first kappa shape index (κ1) is 14.3. The van der Waals surface area contributed by atoms with Gasteiger partial charge in [0, 0.05) is 13.1 Å². The number of amides is 1. The molecule has 1 amide bonds. The third-order valence-electron chi connectivity index (χ3n) is 4.77. The van der Waals surface area contributed by atoms with Gasteiger partial charge in [0.1, 0.15) is 0 Å². The summed E-state index contributed by atoms with van der Waals surface area (Å²) in [5.74, 6) is -1.13. The van der Waals surface area contributed by atoms with E-state index in [9.17, 15) is 9.59 Å². The number of likely N-dealkylation sites (tertiary alicyclic amines) is 1. The Morgan fingerprint density at radius 2 is 1.74 bits per heavy atom. The van der Waals surface area contributed by atoms with Crippen molar-refractivity contribution < 1.29 is 19.4 Å². The molecule has 0 aromatic rings. The summed E-state index contributed by atoms with van der Waals surface area (Å²) in [6.45, 7) is 8.72. The number of carboxylic acids is 1. The van der Waals surface area contributed by atoms with Crippen LogP contribution in [0.15, 0.2) is 0 Å². The van der Waals surface area contributed by atoms with Gasteiger partial charge in [-0.05, 0) is 25.7 Å². The minimum Gasteiger partial charge on any atom is -0.481 e. The number of rotatable bonds is 2. The molecule has 19 heavy (non-hydrogen) atoms. The Bertz CT molecular complexity index is 384. The number of hydrogen-bond acceptors (Lipinski definition) is 3. The van der Waals surface area contributed by atoms with Gasteiger partial charge in [0.2, 0.25) is 5.91 Å². The van der Waals surface area contributed by atoms with Gasteiger partial charge in [0.15, 0.2) is 0 Å². The molecule has 2 rings (SSSR count). The van der Waals surface area contributed by atoms with Crippen molar-refractivity contribution in [1.82, 2.24) is 4.90 Å². The lowest BCUT2D eigenvalue weighted by molar-refractivity contribution is -0.142. The maximum absolute atomic E-state index is 12.6. The van der Waals surface area contributed by atoms with E-state index < -0.39 is 11.9 Å². The van der Waals surface area contributed by atoms with E-state index in [1.165, 1.54) is 0 Å². The normalized spacial score (nSPS) is 42.6. The third-order valence-corrected chi connectivity index (χ3v) is 4.77. The predicted molar refractivity (Wildman–Crippen MR) is 69.5 cm³/mol. The van der Waals surface area contributed by atoms with E-state index in [2.05, 4.69) is 0 Å². The molecule has 1 N–H and O–H groups in total. The molecule has 6 atom stereocenters. The number of carbonyl (C=O) groups excluding carboxylic acids is 1. The molecule has 0 aromatic carbocycles. The molecule has 0 saturated carbocycles. The lowest BCUT2D eigenvalue weighted by atomic mass is 9.88. The molecule has 2 aliphatic heterocycles. The van der Waals surface area contributed by atoms with Crippen LogP contribution in [0.3, 0.4) is 0 Å². The van der Waals surface area contributed by atoms with E-state index in [0.29, 0.717) is 13.1 Å². The van der Waals surface area contributed by atoms with Crippen LogP contribution in [0.5, 0.6) is 0 Å². The average Bonchev–Trinajstić information content (AvgIpc) is 2.81. The Labute approximate surface area is 113 Å². The lowest BCUT2D eigenvalue weighted by Crippen LogP contribution is -2.40. The Morgan fingerprint density at radius 3 is 2.16 bits per heavy atom. The van der Waals surface area contributed by atoms with Crippen LogP contribution in [-0.2, 0) is 14.3 Å². The fourth-order valence-electron chi connectivity index (χ4n) is 3.37. The molecule has 0 aromatic heterocycles. The minimum atomic E-state index is -0.806. The predicted octanol–water partition coefficient (Wildman–Crippen LogP) is 1.23. The summed E-state index contributed by atoms with van der Waals surface area (Å²) in [5, 5.41) is 9.13. The molecule has 2 saturated heterocycles. The molecule has 2 heterocycles. The molecule has 108 valence electrons. The van der Waals surface area contributed by atoms with E-state index in [0.717, 1.165) is 0 Å². The van der Waals surface area contributed by atoms with Crippen molar-refractivity contribution in [3.63, 3.8) is 0 Å². The summed E-state index contributed by atoms with van der Waals surface area (Å²) < 4.78 is 5.70. The average molecular weight is 269 g/mol. The highest BCUT2D eigenvalue weighted by Gasteiger charge is 2.46.